The van der Waals surface area contributed by atoms with Crippen LogP contribution in [0.2, 0.25) is 0 Å². The number of halogens is 1. The number of nitrogens with zero attached hydrogens (tertiary/aromatic N) is 2. The Labute approximate surface area is 115 Å². The number of amides is 1. The SMILES string of the molecule is CN(C(=O)c1ccc(F)cc1N)c1cccc(C#N)c1. The van der Waals surface area contributed by atoms with Crippen LogP contribution in [0.1, 0.15) is 15.9 Å². The molecule has 0 fully saturated rings. The topological polar surface area (TPSA) is 70.1 Å². The Bertz CT molecular complexity index is 707. The maximum atomic E-state index is 13.0. The Balaban J connectivity index is 2.35. The second kappa shape index (κ2) is 5.41. The lowest BCUT2D eigenvalue weighted by molar-refractivity contribution is 0.0994. The van der Waals surface area contributed by atoms with Crippen LogP contribution in [0.15, 0.2) is 42.5 Å². The van der Waals surface area contributed by atoms with Gasteiger partial charge in [-0.3, -0.25) is 4.79 Å². The van der Waals surface area contributed by atoms with Crippen LogP contribution < -0.4 is 10.6 Å². The second-order valence-corrected chi connectivity index (χ2v) is 4.26. The zero-order valence-electron chi connectivity index (χ0n) is 10.8. The Hall–Kier alpha value is -2.87. The summed E-state index contributed by atoms with van der Waals surface area (Å²) in [6.07, 6.45) is 0. The number of nitrogens with two attached hydrogens (primary N) is 1. The predicted octanol–water partition coefficient (Wildman–Crippen LogP) is 2.56. The number of carbonyl (C=O) groups is 1. The highest BCUT2D eigenvalue weighted by Gasteiger charge is 2.16. The maximum absolute atomic E-state index is 13.0. The lowest BCUT2D eigenvalue weighted by Crippen LogP contribution is -2.27. The van der Waals surface area contributed by atoms with Crippen molar-refractivity contribution in [3.05, 3.63) is 59.4 Å². The zero-order valence-corrected chi connectivity index (χ0v) is 10.8. The van der Waals surface area contributed by atoms with Gasteiger partial charge in [-0.25, -0.2) is 4.39 Å². The fraction of sp³-hybridized carbons (Fsp3) is 0.0667. The van der Waals surface area contributed by atoms with Crippen molar-refractivity contribution in [3.63, 3.8) is 0 Å². The van der Waals surface area contributed by atoms with Gasteiger partial charge in [0.25, 0.3) is 5.91 Å². The van der Waals surface area contributed by atoms with Gasteiger partial charge in [0.1, 0.15) is 5.82 Å². The molecule has 0 aromatic heterocycles. The highest BCUT2D eigenvalue weighted by atomic mass is 19.1. The Kier molecular flexibility index (Phi) is 3.67. The van der Waals surface area contributed by atoms with Gasteiger partial charge >= 0.3 is 0 Å². The van der Waals surface area contributed by atoms with Gasteiger partial charge in [-0.2, -0.15) is 5.26 Å². The summed E-state index contributed by atoms with van der Waals surface area (Å²) >= 11 is 0. The summed E-state index contributed by atoms with van der Waals surface area (Å²) in [4.78, 5) is 13.7. The normalized spacial score (nSPS) is 9.85. The molecular weight excluding hydrogens is 257 g/mol. The van der Waals surface area contributed by atoms with Crippen LogP contribution >= 0.6 is 0 Å². The van der Waals surface area contributed by atoms with Crippen molar-refractivity contribution in [2.24, 2.45) is 0 Å². The van der Waals surface area contributed by atoms with Crippen LogP contribution in [0.4, 0.5) is 15.8 Å². The minimum absolute atomic E-state index is 0.0817. The monoisotopic (exact) mass is 269 g/mol. The van der Waals surface area contributed by atoms with Crippen molar-refractivity contribution < 1.29 is 9.18 Å². The first kappa shape index (κ1) is 13.6. The fourth-order valence-corrected chi connectivity index (χ4v) is 1.81. The van der Waals surface area contributed by atoms with Crippen LogP contribution in [0, 0.1) is 17.1 Å². The van der Waals surface area contributed by atoms with Crippen LogP contribution in [0.25, 0.3) is 0 Å². The molecule has 0 radical (unpaired) electrons. The number of benzene rings is 2. The predicted molar refractivity (Wildman–Crippen MR) is 74.7 cm³/mol. The van der Waals surface area contributed by atoms with Gasteiger partial charge in [-0.05, 0) is 36.4 Å². The molecule has 0 saturated heterocycles. The number of nitrogen functional groups attached to an aromatic ring is 1. The summed E-state index contributed by atoms with van der Waals surface area (Å²) in [5.41, 5.74) is 6.98. The van der Waals surface area contributed by atoms with Gasteiger partial charge in [-0.1, -0.05) is 6.07 Å². The van der Waals surface area contributed by atoms with E-state index in [1.807, 2.05) is 6.07 Å². The summed E-state index contributed by atoms with van der Waals surface area (Å²) < 4.78 is 13.0. The molecule has 100 valence electrons. The number of nitriles is 1. The largest absolute Gasteiger partial charge is 0.398 e. The van der Waals surface area contributed by atoms with E-state index in [0.717, 1.165) is 6.07 Å². The van der Waals surface area contributed by atoms with E-state index in [4.69, 9.17) is 11.0 Å². The molecule has 0 atom stereocenters. The highest BCUT2D eigenvalue weighted by Crippen LogP contribution is 2.20. The number of carbonyl (C=O) groups excluding carboxylic acids is 1. The summed E-state index contributed by atoms with van der Waals surface area (Å²) in [6.45, 7) is 0. The summed E-state index contributed by atoms with van der Waals surface area (Å²) in [6, 6.07) is 12.3. The maximum Gasteiger partial charge on any atom is 0.260 e. The molecular formula is C15H12FN3O. The van der Waals surface area contributed by atoms with Crippen molar-refractivity contribution in [1.82, 2.24) is 0 Å². The molecule has 0 aliphatic rings. The average Bonchev–Trinajstić information content (AvgIpc) is 2.46. The van der Waals surface area contributed by atoms with Gasteiger partial charge < -0.3 is 10.6 Å². The molecule has 5 heteroatoms. The van der Waals surface area contributed by atoms with Crippen LogP contribution in [0.3, 0.4) is 0 Å². The number of hydrogen-bond donors (Lipinski definition) is 1. The standard InChI is InChI=1S/C15H12FN3O/c1-19(12-4-2-3-10(7-12)9-17)15(20)13-6-5-11(16)8-14(13)18/h2-8H,18H2,1H3. The van der Waals surface area contributed by atoms with Crippen LogP contribution in [-0.2, 0) is 0 Å². The van der Waals surface area contributed by atoms with Crippen LogP contribution in [0.5, 0.6) is 0 Å². The third-order valence-electron chi connectivity index (χ3n) is 2.91. The Morgan fingerprint density at radius 1 is 1.30 bits per heavy atom. The van der Waals surface area contributed by atoms with Crippen LogP contribution in [-0.4, -0.2) is 13.0 Å². The van der Waals surface area contributed by atoms with E-state index < -0.39 is 5.82 Å². The molecule has 0 aliphatic carbocycles. The molecule has 2 aromatic rings. The fourth-order valence-electron chi connectivity index (χ4n) is 1.81. The lowest BCUT2D eigenvalue weighted by atomic mass is 10.1. The zero-order chi connectivity index (χ0) is 14.7. The van der Waals surface area contributed by atoms with Crippen molar-refractivity contribution in [2.45, 2.75) is 0 Å². The molecule has 0 spiro atoms. The Morgan fingerprint density at radius 2 is 2.05 bits per heavy atom. The van der Waals surface area contributed by atoms with Gasteiger partial charge in [0, 0.05) is 18.4 Å². The first-order valence-electron chi connectivity index (χ1n) is 5.86. The first-order valence-corrected chi connectivity index (χ1v) is 5.86. The molecule has 2 aromatic carbocycles. The minimum Gasteiger partial charge on any atom is -0.398 e. The molecule has 2 rings (SSSR count). The quantitative estimate of drug-likeness (QED) is 0.852. The molecule has 0 heterocycles. The molecule has 1 amide bonds. The molecule has 0 unspecified atom stereocenters. The Morgan fingerprint density at radius 3 is 2.70 bits per heavy atom. The first-order chi connectivity index (χ1) is 9.52. The lowest BCUT2D eigenvalue weighted by Gasteiger charge is -2.18. The smallest absolute Gasteiger partial charge is 0.260 e. The number of anilines is 2. The second-order valence-electron chi connectivity index (χ2n) is 4.26. The van der Waals surface area contributed by atoms with E-state index in [0.29, 0.717) is 11.3 Å². The van der Waals surface area contributed by atoms with Crippen molar-refractivity contribution in [3.8, 4) is 6.07 Å². The number of hydrogen-bond acceptors (Lipinski definition) is 3. The average molecular weight is 269 g/mol. The van der Waals surface area contributed by atoms with E-state index in [2.05, 4.69) is 0 Å². The van der Waals surface area contributed by atoms with Crippen molar-refractivity contribution in [1.29, 1.82) is 5.26 Å². The van der Waals surface area contributed by atoms with E-state index in [9.17, 15) is 9.18 Å². The minimum atomic E-state index is -0.492. The molecule has 0 bridgehead atoms. The third kappa shape index (κ3) is 2.59. The highest BCUT2D eigenvalue weighted by molar-refractivity contribution is 6.09. The van der Waals surface area contributed by atoms with Crippen molar-refractivity contribution >= 4 is 17.3 Å². The van der Waals surface area contributed by atoms with Gasteiger partial charge in [0.2, 0.25) is 0 Å². The van der Waals surface area contributed by atoms with Gasteiger partial charge in [0.05, 0.1) is 17.2 Å². The van der Waals surface area contributed by atoms with E-state index in [-0.39, 0.29) is 17.2 Å². The molecule has 0 saturated carbocycles. The third-order valence-corrected chi connectivity index (χ3v) is 2.91. The summed E-state index contributed by atoms with van der Waals surface area (Å²) in [5.74, 6) is -0.856. The van der Waals surface area contributed by atoms with E-state index in [1.54, 1.807) is 31.3 Å². The molecule has 0 aliphatic heterocycles. The van der Waals surface area contributed by atoms with E-state index >= 15 is 0 Å². The number of rotatable bonds is 2. The van der Waals surface area contributed by atoms with Gasteiger partial charge in [-0.15, -0.1) is 0 Å². The molecule has 2 N–H and O–H groups in total. The van der Waals surface area contributed by atoms with Crippen molar-refractivity contribution in [2.75, 3.05) is 17.7 Å². The summed E-state index contributed by atoms with van der Waals surface area (Å²) in [5, 5.41) is 8.86. The summed E-state index contributed by atoms with van der Waals surface area (Å²) in [7, 11) is 1.57. The molecule has 4 nitrogen and oxygen atoms in total. The van der Waals surface area contributed by atoms with E-state index in [1.165, 1.54) is 17.0 Å². The molecule has 20 heavy (non-hydrogen) atoms. The van der Waals surface area contributed by atoms with Gasteiger partial charge in [0.15, 0.2) is 0 Å².